The Kier molecular flexibility index (Phi) is 18.3. The number of methoxy groups -OCH3 is 1. The van der Waals surface area contributed by atoms with Gasteiger partial charge in [0, 0.05) is 6.92 Å². The molecule has 6 aromatic carbocycles. The molecule has 0 aliphatic carbocycles. The second kappa shape index (κ2) is 25.6. The minimum absolute atomic E-state index is 0.0332. The largest absolute Gasteiger partial charge is 0.497 e. The van der Waals surface area contributed by atoms with Crippen LogP contribution in [0.2, 0.25) is 0 Å². The summed E-state index contributed by atoms with van der Waals surface area (Å²) in [4.78, 5) is 12.3. The van der Waals surface area contributed by atoms with Gasteiger partial charge in [-0.1, -0.05) is 152 Å². The molecular formula is C56H60O13. The maximum absolute atomic E-state index is 12.3. The van der Waals surface area contributed by atoms with Crippen molar-refractivity contribution in [1.82, 2.24) is 0 Å². The first-order chi connectivity index (χ1) is 33.9. The van der Waals surface area contributed by atoms with Crippen molar-refractivity contribution in [1.29, 1.82) is 0 Å². The van der Waals surface area contributed by atoms with Gasteiger partial charge in [-0.2, -0.15) is 0 Å². The van der Waals surface area contributed by atoms with E-state index >= 15 is 0 Å². The number of rotatable bonds is 23. The summed E-state index contributed by atoms with van der Waals surface area (Å²) in [6.45, 7) is 1.80. The maximum Gasteiger partial charge on any atom is 0.302 e. The van der Waals surface area contributed by atoms with E-state index in [4.69, 9.17) is 52.1 Å². The average molecular weight is 941 g/mol. The SMILES string of the molecule is COc1ccc(OC[C@H]2O[C@@H](OCc3ccccc3)[C@H](OCc3ccccc3)[C@@H](OCc3ccccc3)[C@H]2O[C@H]2O[C@H](COC(C)=O)[C@H](O)[C@H](OCc3ccccc3)[C@H]2OCc2ccccc2)cc1. The van der Waals surface area contributed by atoms with Crippen LogP contribution in [0.1, 0.15) is 34.7 Å². The van der Waals surface area contributed by atoms with E-state index in [-0.39, 0.29) is 46.2 Å². The fourth-order valence-corrected chi connectivity index (χ4v) is 8.21. The fraction of sp³-hybridized carbons (Fsp3) is 0.339. The molecule has 2 aliphatic rings. The van der Waals surface area contributed by atoms with E-state index in [1.54, 1.807) is 7.11 Å². The zero-order valence-electron chi connectivity index (χ0n) is 38.8. The monoisotopic (exact) mass is 940 g/mol. The first kappa shape index (κ1) is 49.5. The van der Waals surface area contributed by atoms with Crippen molar-refractivity contribution in [2.75, 3.05) is 20.3 Å². The van der Waals surface area contributed by atoms with Gasteiger partial charge in [-0.3, -0.25) is 4.79 Å². The number of benzene rings is 6. The smallest absolute Gasteiger partial charge is 0.302 e. The van der Waals surface area contributed by atoms with Crippen molar-refractivity contribution in [3.63, 3.8) is 0 Å². The lowest BCUT2D eigenvalue weighted by molar-refractivity contribution is -0.374. The van der Waals surface area contributed by atoms with E-state index in [1.807, 2.05) is 176 Å². The molecule has 2 fully saturated rings. The third-order valence-electron chi connectivity index (χ3n) is 11.8. The molecule has 0 spiro atoms. The molecule has 6 aromatic rings. The Balaban J connectivity index is 1.19. The van der Waals surface area contributed by atoms with Crippen LogP contribution < -0.4 is 9.47 Å². The molecule has 0 aromatic heterocycles. The molecule has 2 heterocycles. The van der Waals surface area contributed by atoms with Crippen LogP contribution in [0.3, 0.4) is 0 Å². The minimum Gasteiger partial charge on any atom is -0.497 e. The molecule has 13 heteroatoms. The van der Waals surface area contributed by atoms with Gasteiger partial charge in [0.15, 0.2) is 12.6 Å². The van der Waals surface area contributed by atoms with E-state index in [9.17, 15) is 9.90 Å². The van der Waals surface area contributed by atoms with Crippen LogP contribution in [-0.4, -0.2) is 92.8 Å². The van der Waals surface area contributed by atoms with Crippen LogP contribution in [0.25, 0.3) is 0 Å². The van der Waals surface area contributed by atoms with Crippen LogP contribution in [0.15, 0.2) is 176 Å². The van der Waals surface area contributed by atoms with Crippen LogP contribution in [0, 0.1) is 0 Å². The predicted molar refractivity (Wildman–Crippen MR) is 255 cm³/mol. The Morgan fingerprint density at radius 2 is 0.841 bits per heavy atom. The van der Waals surface area contributed by atoms with Gasteiger partial charge in [0.1, 0.15) is 73.5 Å². The molecule has 0 amide bonds. The van der Waals surface area contributed by atoms with E-state index in [0.717, 1.165) is 27.8 Å². The number of aliphatic hydroxyl groups is 1. The molecule has 1 N–H and O–H groups in total. The second-order valence-electron chi connectivity index (χ2n) is 16.8. The molecule has 8 rings (SSSR count). The standard InChI is InChI=1S/C56H60O13/c1-39(57)60-37-47-49(58)51(62-32-40-18-8-3-9-19-40)53(64-34-42-22-12-5-13-23-42)56(67-47)69-50-48(38-61-46-30-28-45(59-2)29-31-46)68-55(66-36-44-26-16-7-17-27-44)54(65-35-43-24-14-6-15-25-43)52(50)63-33-41-20-10-4-11-21-41/h3-31,47-56,58H,32-38H2,1-2H3/t47-,48-,49+,50+,51+,52+,53-,54-,55-,56-/m1/s1. The first-order valence-electron chi connectivity index (χ1n) is 23.2. The number of carbonyl (C=O) groups is 1. The molecule has 69 heavy (non-hydrogen) atoms. The zero-order chi connectivity index (χ0) is 47.6. The molecule has 2 saturated heterocycles. The number of aliphatic hydroxyl groups excluding tert-OH is 1. The first-order valence-corrected chi connectivity index (χ1v) is 23.2. The summed E-state index contributed by atoms with van der Waals surface area (Å²) in [6.07, 6.45) is -10.5. The second-order valence-corrected chi connectivity index (χ2v) is 16.8. The van der Waals surface area contributed by atoms with Crippen molar-refractivity contribution in [2.24, 2.45) is 0 Å². The van der Waals surface area contributed by atoms with Gasteiger partial charge in [-0.05, 0) is 52.1 Å². The van der Waals surface area contributed by atoms with Crippen molar-refractivity contribution in [2.45, 2.75) is 101 Å². The van der Waals surface area contributed by atoms with Gasteiger partial charge in [0.05, 0.1) is 40.1 Å². The van der Waals surface area contributed by atoms with E-state index in [0.29, 0.717) is 11.5 Å². The van der Waals surface area contributed by atoms with Crippen LogP contribution in [0.5, 0.6) is 11.5 Å². The van der Waals surface area contributed by atoms with Gasteiger partial charge in [0.25, 0.3) is 0 Å². The highest BCUT2D eigenvalue weighted by atomic mass is 16.8. The Labute approximate surface area is 403 Å². The fourth-order valence-electron chi connectivity index (χ4n) is 8.21. The van der Waals surface area contributed by atoms with Crippen LogP contribution in [-0.2, 0) is 80.5 Å². The lowest BCUT2D eigenvalue weighted by atomic mass is 9.96. The van der Waals surface area contributed by atoms with E-state index in [1.165, 1.54) is 6.92 Å². The zero-order valence-corrected chi connectivity index (χ0v) is 38.8. The molecule has 0 saturated carbocycles. The van der Waals surface area contributed by atoms with Gasteiger partial charge >= 0.3 is 5.97 Å². The maximum atomic E-state index is 12.3. The molecular weight excluding hydrogens is 881 g/mol. The van der Waals surface area contributed by atoms with Crippen molar-refractivity contribution >= 4 is 5.97 Å². The van der Waals surface area contributed by atoms with Gasteiger partial charge in [0.2, 0.25) is 0 Å². The van der Waals surface area contributed by atoms with Crippen molar-refractivity contribution in [3.05, 3.63) is 204 Å². The highest BCUT2D eigenvalue weighted by molar-refractivity contribution is 5.65. The molecule has 0 bridgehead atoms. The number of ether oxygens (including phenoxy) is 11. The summed E-state index contributed by atoms with van der Waals surface area (Å²) in [5.41, 5.74) is 4.52. The molecule has 0 unspecified atom stereocenters. The normalized spacial score (nSPS) is 24.6. The number of esters is 1. The molecule has 10 atom stereocenters. The number of hydrogen-bond donors (Lipinski definition) is 1. The third-order valence-corrected chi connectivity index (χ3v) is 11.8. The van der Waals surface area contributed by atoms with Gasteiger partial charge in [-0.15, -0.1) is 0 Å². The molecule has 2 aliphatic heterocycles. The van der Waals surface area contributed by atoms with Gasteiger partial charge < -0.3 is 57.2 Å². The predicted octanol–water partition coefficient (Wildman–Crippen LogP) is 8.39. The highest BCUT2D eigenvalue weighted by Crippen LogP contribution is 2.36. The Morgan fingerprint density at radius 3 is 1.29 bits per heavy atom. The number of carbonyl (C=O) groups excluding carboxylic acids is 1. The van der Waals surface area contributed by atoms with E-state index in [2.05, 4.69) is 0 Å². The molecule has 13 nitrogen and oxygen atoms in total. The van der Waals surface area contributed by atoms with Crippen LogP contribution in [0.4, 0.5) is 0 Å². The van der Waals surface area contributed by atoms with Crippen LogP contribution >= 0.6 is 0 Å². The summed E-state index contributed by atoms with van der Waals surface area (Å²) in [5.74, 6) is 0.685. The molecule has 362 valence electrons. The van der Waals surface area contributed by atoms with Crippen molar-refractivity contribution in [3.8, 4) is 11.5 Å². The third kappa shape index (κ3) is 14.3. The Morgan fingerprint density at radius 1 is 0.449 bits per heavy atom. The molecule has 0 radical (unpaired) electrons. The quantitative estimate of drug-likeness (QED) is 0.0616. The summed E-state index contributed by atoms with van der Waals surface area (Å²) in [7, 11) is 1.60. The minimum atomic E-state index is -1.31. The highest BCUT2D eigenvalue weighted by Gasteiger charge is 2.54. The Hall–Kier alpha value is -5.97. The summed E-state index contributed by atoms with van der Waals surface area (Å²) in [5, 5.41) is 12.1. The van der Waals surface area contributed by atoms with E-state index < -0.39 is 67.4 Å². The lowest BCUT2D eigenvalue weighted by Crippen LogP contribution is -2.66. The number of hydrogen-bond acceptors (Lipinski definition) is 13. The summed E-state index contributed by atoms with van der Waals surface area (Å²) < 4.78 is 72.2. The summed E-state index contributed by atoms with van der Waals surface area (Å²) in [6, 6.07) is 56.0. The Bertz CT molecular complexity index is 2380. The van der Waals surface area contributed by atoms with Gasteiger partial charge in [-0.25, -0.2) is 0 Å². The average Bonchev–Trinajstić information content (AvgIpc) is 3.39. The lowest BCUT2D eigenvalue weighted by Gasteiger charge is -2.49. The summed E-state index contributed by atoms with van der Waals surface area (Å²) >= 11 is 0. The topological polar surface area (TPSA) is 139 Å². The van der Waals surface area contributed by atoms with Crippen molar-refractivity contribution < 1.29 is 62.0 Å².